The van der Waals surface area contributed by atoms with Crippen molar-refractivity contribution in [1.82, 2.24) is 10.2 Å². The van der Waals surface area contributed by atoms with Gasteiger partial charge in [-0.3, -0.25) is 14.4 Å². The molecule has 0 rings (SSSR count). The molecule has 1 atom stereocenters. The molecule has 0 bridgehead atoms. The van der Waals surface area contributed by atoms with E-state index in [2.05, 4.69) is 5.32 Å². The maximum Gasteiger partial charge on any atom is 0.308 e. The molecule has 6 nitrogen and oxygen atoms in total. The van der Waals surface area contributed by atoms with Crippen LogP contribution in [0.2, 0.25) is 0 Å². The van der Waals surface area contributed by atoms with Gasteiger partial charge in [0.1, 0.15) is 0 Å². The van der Waals surface area contributed by atoms with Crippen LogP contribution < -0.4 is 5.32 Å². The maximum absolute atomic E-state index is 12.0. The van der Waals surface area contributed by atoms with Crippen molar-refractivity contribution in [1.29, 1.82) is 0 Å². The fourth-order valence-corrected chi connectivity index (χ4v) is 1.60. The van der Waals surface area contributed by atoms with Crippen LogP contribution in [0, 0.1) is 11.8 Å². The predicted octanol–water partition coefficient (Wildman–Crippen LogP) is 0.718. The fourth-order valence-electron chi connectivity index (χ4n) is 1.60. The van der Waals surface area contributed by atoms with E-state index < -0.39 is 11.9 Å². The number of aliphatic carboxylic acids is 1. The number of hydrogen-bond donors (Lipinski definition) is 2. The van der Waals surface area contributed by atoms with Gasteiger partial charge in [0.2, 0.25) is 11.8 Å². The van der Waals surface area contributed by atoms with Crippen LogP contribution >= 0.6 is 0 Å². The first kappa shape index (κ1) is 17.4. The van der Waals surface area contributed by atoms with Crippen LogP contribution in [0.5, 0.6) is 0 Å². The second-order valence-corrected chi connectivity index (χ2v) is 5.01. The molecule has 0 aliphatic rings. The molecule has 0 fully saturated rings. The van der Waals surface area contributed by atoms with E-state index in [9.17, 15) is 14.4 Å². The molecule has 1 unspecified atom stereocenters. The predicted molar refractivity (Wildman–Crippen MR) is 71.5 cm³/mol. The molecule has 0 saturated carbocycles. The normalized spacial score (nSPS) is 12.1. The summed E-state index contributed by atoms with van der Waals surface area (Å²) >= 11 is 0. The second kappa shape index (κ2) is 8.50. The number of hydrogen-bond acceptors (Lipinski definition) is 3. The van der Waals surface area contributed by atoms with Crippen molar-refractivity contribution in [2.45, 2.75) is 34.1 Å². The van der Waals surface area contributed by atoms with Crippen molar-refractivity contribution in [3.63, 3.8) is 0 Å². The highest BCUT2D eigenvalue weighted by atomic mass is 16.4. The van der Waals surface area contributed by atoms with Gasteiger partial charge in [-0.15, -0.1) is 0 Å². The van der Waals surface area contributed by atoms with E-state index in [-0.39, 0.29) is 24.3 Å². The highest BCUT2D eigenvalue weighted by molar-refractivity contribution is 5.79. The van der Waals surface area contributed by atoms with Gasteiger partial charge >= 0.3 is 5.97 Å². The Hall–Kier alpha value is -1.59. The number of nitrogens with one attached hydrogen (secondary N) is 1. The van der Waals surface area contributed by atoms with Crippen molar-refractivity contribution in [3.05, 3.63) is 0 Å². The van der Waals surface area contributed by atoms with Crippen LogP contribution in [0.3, 0.4) is 0 Å². The lowest BCUT2D eigenvalue weighted by molar-refractivity contribution is -0.143. The number of carboxylic acid groups (broad SMARTS) is 1. The van der Waals surface area contributed by atoms with Gasteiger partial charge in [0, 0.05) is 32.5 Å². The molecule has 0 aromatic rings. The van der Waals surface area contributed by atoms with Crippen molar-refractivity contribution < 1.29 is 19.5 Å². The number of amides is 2. The Morgan fingerprint density at radius 1 is 1.21 bits per heavy atom. The lowest BCUT2D eigenvalue weighted by atomic mass is 10.1. The van der Waals surface area contributed by atoms with Crippen molar-refractivity contribution in [3.8, 4) is 0 Å². The van der Waals surface area contributed by atoms with E-state index in [4.69, 9.17) is 5.11 Å². The summed E-state index contributed by atoms with van der Waals surface area (Å²) in [6, 6.07) is 0. The number of carboxylic acids is 1. The van der Waals surface area contributed by atoms with Crippen molar-refractivity contribution in [2.24, 2.45) is 11.8 Å². The minimum absolute atomic E-state index is 0.0593. The average Bonchev–Trinajstić information content (AvgIpc) is 2.31. The topological polar surface area (TPSA) is 86.7 Å². The molecule has 6 heteroatoms. The van der Waals surface area contributed by atoms with Gasteiger partial charge in [0.05, 0.1) is 5.92 Å². The average molecular weight is 272 g/mol. The summed E-state index contributed by atoms with van der Waals surface area (Å²) < 4.78 is 0. The lowest BCUT2D eigenvalue weighted by Gasteiger charge is -2.26. The summed E-state index contributed by atoms with van der Waals surface area (Å²) in [5.41, 5.74) is 0. The Kier molecular flexibility index (Phi) is 7.79. The monoisotopic (exact) mass is 272 g/mol. The van der Waals surface area contributed by atoms with E-state index in [1.165, 1.54) is 6.92 Å². The Balaban J connectivity index is 4.38. The zero-order valence-corrected chi connectivity index (χ0v) is 12.1. The van der Waals surface area contributed by atoms with Gasteiger partial charge in [-0.05, 0) is 6.42 Å². The molecule has 0 aliphatic heterocycles. The molecule has 0 aromatic heterocycles. The molecule has 19 heavy (non-hydrogen) atoms. The van der Waals surface area contributed by atoms with Crippen LogP contribution in [0.25, 0.3) is 0 Å². The first-order valence-corrected chi connectivity index (χ1v) is 6.51. The molecule has 0 saturated heterocycles. The van der Waals surface area contributed by atoms with E-state index >= 15 is 0 Å². The minimum Gasteiger partial charge on any atom is -0.481 e. The molecular weight excluding hydrogens is 248 g/mol. The molecule has 0 spiro atoms. The van der Waals surface area contributed by atoms with Crippen LogP contribution in [-0.4, -0.2) is 47.4 Å². The quantitative estimate of drug-likeness (QED) is 0.637. The van der Waals surface area contributed by atoms with Gasteiger partial charge < -0.3 is 15.3 Å². The van der Waals surface area contributed by atoms with E-state index in [0.29, 0.717) is 19.5 Å². The molecule has 0 heterocycles. The summed E-state index contributed by atoms with van der Waals surface area (Å²) in [4.78, 5) is 35.1. The van der Waals surface area contributed by atoms with Gasteiger partial charge in [0.25, 0.3) is 0 Å². The van der Waals surface area contributed by atoms with Crippen molar-refractivity contribution in [2.75, 3.05) is 19.6 Å². The summed E-state index contributed by atoms with van der Waals surface area (Å²) in [6.45, 7) is 7.73. The summed E-state index contributed by atoms with van der Waals surface area (Å²) in [5, 5.41) is 11.6. The second-order valence-electron chi connectivity index (χ2n) is 5.01. The Labute approximate surface area is 114 Å². The van der Waals surface area contributed by atoms with E-state index in [1.807, 2.05) is 0 Å². The molecule has 2 N–H and O–H groups in total. The molecule has 0 aromatic carbocycles. The molecule has 0 radical (unpaired) electrons. The zero-order chi connectivity index (χ0) is 15.0. The van der Waals surface area contributed by atoms with E-state index in [0.717, 1.165) is 0 Å². The SMILES string of the molecule is CC(=O)NCCCN(CC(C)C(=O)O)C(=O)C(C)C. The first-order valence-electron chi connectivity index (χ1n) is 6.51. The first-order chi connectivity index (χ1) is 8.75. The fraction of sp³-hybridized carbons (Fsp3) is 0.769. The maximum atomic E-state index is 12.0. The van der Waals surface area contributed by atoms with Gasteiger partial charge in [0.15, 0.2) is 0 Å². The molecule has 110 valence electrons. The third-order valence-corrected chi connectivity index (χ3v) is 2.70. The summed E-state index contributed by atoms with van der Waals surface area (Å²) in [5.74, 6) is -1.84. The molecule has 0 aliphatic carbocycles. The summed E-state index contributed by atoms with van der Waals surface area (Å²) in [7, 11) is 0. The van der Waals surface area contributed by atoms with Crippen molar-refractivity contribution >= 4 is 17.8 Å². The van der Waals surface area contributed by atoms with Gasteiger partial charge in [-0.1, -0.05) is 20.8 Å². The van der Waals surface area contributed by atoms with Crippen LogP contribution in [0.4, 0.5) is 0 Å². The number of rotatable bonds is 8. The Morgan fingerprint density at radius 2 is 1.79 bits per heavy atom. The highest BCUT2D eigenvalue weighted by Crippen LogP contribution is 2.07. The number of carbonyl (C=O) groups excluding carboxylic acids is 2. The minimum atomic E-state index is -0.914. The van der Waals surface area contributed by atoms with Crippen LogP contribution in [0.15, 0.2) is 0 Å². The standard InChI is InChI=1S/C13H24N2O4/c1-9(2)12(17)15(8-10(3)13(18)19)7-5-6-14-11(4)16/h9-10H,5-8H2,1-4H3,(H,14,16)(H,18,19). The van der Waals surface area contributed by atoms with E-state index in [1.54, 1.807) is 25.7 Å². The number of nitrogens with zero attached hydrogens (tertiary/aromatic N) is 1. The lowest BCUT2D eigenvalue weighted by Crippen LogP contribution is -2.40. The third kappa shape index (κ3) is 7.43. The zero-order valence-electron chi connectivity index (χ0n) is 12.1. The highest BCUT2D eigenvalue weighted by Gasteiger charge is 2.21. The third-order valence-electron chi connectivity index (χ3n) is 2.70. The van der Waals surface area contributed by atoms with Crippen LogP contribution in [-0.2, 0) is 14.4 Å². The van der Waals surface area contributed by atoms with Crippen LogP contribution in [0.1, 0.15) is 34.1 Å². The smallest absolute Gasteiger partial charge is 0.308 e. The van der Waals surface area contributed by atoms with Gasteiger partial charge in [-0.2, -0.15) is 0 Å². The number of carbonyl (C=O) groups is 3. The Bertz CT molecular complexity index is 329. The molecular formula is C13H24N2O4. The Morgan fingerprint density at radius 3 is 2.21 bits per heavy atom. The summed E-state index contributed by atoms with van der Waals surface area (Å²) in [6.07, 6.45) is 0.615. The largest absolute Gasteiger partial charge is 0.481 e. The molecule has 2 amide bonds. The van der Waals surface area contributed by atoms with Gasteiger partial charge in [-0.25, -0.2) is 0 Å².